The van der Waals surface area contributed by atoms with Gasteiger partial charge in [-0.15, -0.1) is 0 Å². The fourth-order valence-corrected chi connectivity index (χ4v) is 3.10. The quantitative estimate of drug-likeness (QED) is 0.695. The van der Waals surface area contributed by atoms with E-state index in [4.69, 9.17) is 10.8 Å². The minimum atomic E-state index is -3.75. The van der Waals surface area contributed by atoms with Gasteiger partial charge in [0.25, 0.3) is 0 Å². The van der Waals surface area contributed by atoms with Crippen molar-refractivity contribution >= 4 is 15.7 Å². The lowest BCUT2D eigenvalue weighted by Gasteiger charge is -2.31. The van der Waals surface area contributed by atoms with E-state index >= 15 is 0 Å². The van der Waals surface area contributed by atoms with Crippen LogP contribution in [0.3, 0.4) is 0 Å². The summed E-state index contributed by atoms with van der Waals surface area (Å²) in [5, 5.41) is 9.09. The van der Waals surface area contributed by atoms with Gasteiger partial charge in [-0.1, -0.05) is 0 Å². The number of hydrogen-bond acceptors (Lipinski definition) is 4. The second kappa shape index (κ2) is 4.83. The molecule has 0 heterocycles. The summed E-state index contributed by atoms with van der Waals surface area (Å²) in [6, 6.07) is 3.19. The van der Waals surface area contributed by atoms with Crippen LogP contribution in [-0.2, 0) is 10.0 Å². The first-order valence-corrected chi connectivity index (χ1v) is 7.09. The van der Waals surface area contributed by atoms with Gasteiger partial charge in [-0.3, -0.25) is 0 Å². The highest BCUT2D eigenvalue weighted by molar-refractivity contribution is 7.89. The lowest BCUT2D eigenvalue weighted by atomic mass is 9.83. The Morgan fingerprint density at radius 2 is 2.06 bits per heavy atom. The average molecular weight is 274 g/mol. The molecule has 0 aromatic heterocycles. The molecule has 1 aliphatic rings. The molecule has 0 amide bonds. The smallest absolute Gasteiger partial charge is 0.240 e. The van der Waals surface area contributed by atoms with E-state index in [9.17, 15) is 12.8 Å². The molecule has 0 saturated heterocycles. The molecule has 0 bridgehead atoms. The van der Waals surface area contributed by atoms with E-state index in [0.717, 1.165) is 12.1 Å². The van der Waals surface area contributed by atoms with Crippen molar-refractivity contribution < 1.29 is 17.9 Å². The Bertz CT molecular complexity index is 521. The van der Waals surface area contributed by atoms with Crippen LogP contribution in [0.1, 0.15) is 12.8 Å². The Morgan fingerprint density at radius 1 is 1.39 bits per heavy atom. The molecule has 4 N–H and O–H groups in total. The molecule has 1 aromatic rings. The number of nitrogen functional groups attached to an aromatic ring is 1. The maximum Gasteiger partial charge on any atom is 0.240 e. The first kappa shape index (κ1) is 13.3. The molecule has 0 unspecified atom stereocenters. The number of halogens is 1. The average Bonchev–Trinajstić information content (AvgIpc) is 2.21. The fourth-order valence-electron chi connectivity index (χ4n) is 1.92. The van der Waals surface area contributed by atoms with Gasteiger partial charge < -0.3 is 10.8 Å². The zero-order valence-corrected chi connectivity index (χ0v) is 10.5. The van der Waals surface area contributed by atoms with Crippen molar-refractivity contribution in [3.05, 3.63) is 24.0 Å². The number of hydrogen-bond donors (Lipinski definition) is 3. The summed E-state index contributed by atoms with van der Waals surface area (Å²) in [5.74, 6) is -0.546. The van der Waals surface area contributed by atoms with Crippen LogP contribution in [0.2, 0.25) is 0 Å². The highest BCUT2D eigenvalue weighted by Gasteiger charge is 2.28. The van der Waals surface area contributed by atoms with Gasteiger partial charge >= 0.3 is 0 Å². The standard InChI is InChI=1S/C11H15FN2O3S/c12-8-3-9(13)5-11(4-8)18(16,17)14-6-7-1-10(15)2-7/h3-5,7,10,14-15H,1-2,6,13H2. The number of aliphatic hydroxyl groups excluding tert-OH is 1. The number of anilines is 1. The van der Waals surface area contributed by atoms with Crippen LogP contribution in [-0.4, -0.2) is 26.2 Å². The van der Waals surface area contributed by atoms with Crippen molar-refractivity contribution in [1.29, 1.82) is 0 Å². The summed E-state index contributed by atoms with van der Waals surface area (Å²) >= 11 is 0. The molecule has 0 atom stereocenters. The summed E-state index contributed by atoms with van der Waals surface area (Å²) in [7, 11) is -3.75. The lowest BCUT2D eigenvalue weighted by Crippen LogP contribution is -2.38. The Hall–Kier alpha value is -1.18. The number of aliphatic hydroxyl groups is 1. The predicted octanol–water partition coefficient (Wildman–Crippen LogP) is 0.457. The van der Waals surface area contributed by atoms with Crippen molar-refractivity contribution in [2.24, 2.45) is 5.92 Å². The minimum absolute atomic E-state index is 0.0643. The number of benzene rings is 1. The summed E-state index contributed by atoms with van der Waals surface area (Å²) in [6.07, 6.45) is 0.853. The van der Waals surface area contributed by atoms with Crippen LogP contribution in [0.15, 0.2) is 23.1 Å². The highest BCUT2D eigenvalue weighted by Crippen LogP contribution is 2.26. The summed E-state index contributed by atoms with van der Waals surface area (Å²) in [5.41, 5.74) is 5.47. The highest BCUT2D eigenvalue weighted by atomic mass is 32.2. The topological polar surface area (TPSA) is 92.4 Å². The number of nitrogens with two attached hydrogens (primary N) is 1. The third-order valence-electron chi connectivity index (χ3n) is 2.98. The molecular weight excluding hydrogens is 259 g/mol. The number of rotatable bonds is 4. The minimum Gasteiger partial charge on any atom is -0.399 e. The molecule has 100 valence electrons. The first-order valence-electron chi connectivity index (χ1n) is 5.60. The van der Waals surface area contributed by atoms with E-state index in [0.29, 0.717) is 12.8 Å². The second-order valence-corrected chi connectivity index (χ2v) is 6.33. The third kappa shape index (κ3) is 2.98. The molecule has 0 spiro atoms. The van der Waals surface area contributed by atoms with Crippen LogP contribution >= 0.6 is 0 Å². The summed E-state index contributed by atoms with van der Waals surface area (Å²) in [6.45, 7) is 0.246. The van der Waals surface area contributed by atoms with Gasteiger partial charge in [-0.2, -0.15) is 0 Å². The van der Waals surface area contributed by atoms with Gasteiger partial charge in [-0.25, -0.2) is 17.5 Å². The van der Waals surface area contributed by atoms with Crippen molar-refractivity contribution in [3.8, 4) is 0 Å². The first-order chi connectivity index (χ1) is 8.37. The monoisotopic (exact) mass is 274 g/mol. The molecule has 1 aliphatic carbocycles. The molecular formula is C11H15FN2O3S. The van der Waals surface area contributed by atoms with Crippen molar-refractivity contribution in [2.75, 3.05) is 12.3 Å². The number of sulfonamides is 1. The van der Waals surface area contributed by atoms with E-state index in [2.05, 4.69) is 4.72 Å². The maximum atomic E-state index is 13.1. The van der Waals surface area contributed by atoms with Gasteiger partial charge in [0.15, 0.2) is 0 Å². The van der Waals surface area contributed by atoms with E-state index in [1.165, 1.54) is 6.07 Å². The Morgan fingerprint density at radius 3 is 2.61 bits per heavy atom. The van der Waals surface area contributed by atoms with Gasteiger partial charge in [0, 0.05) is 12.2 Å². The SMILES string of the molecule is Nc1cc(F)cc(S(=O)(=O)NCC2CC(O)C2)c1. The van der Waals surface area contributed by atoms with Crippen LogP contribution in [0.4, 0.5) is 10.1 Å². The second-order valence-electron chi connectivity index (χ2n) is 4.56. The molecule has 18 heavy (non-hydrogen) atoms. The maximum absolute atomic E-state index is 13.1. The van der Waals surface area contributed by atoms with E-state index in [1.807, 2.05) is 0 Å². The fraction of sp³-hybridized carbons (Fsp3) is 0.455. The van der Waals surface area contributed by atoms with Gasteiger partial charge in [0.05, 0.1) is 11.0 Å². The van der Waals surface area contributed by atoms with Crippen LogP contribution in [0.5, 0.6) is 0 Å². The Balaban J connectivity index is 2.05. The third-order valence-corrected chi connectivity index (χ3v) is 4.38. The van der Waals surface area contributed by atoms with Crippen molar-refractivity contribution in [3.63, 3.8) is 0 Å². The molecule has 1 saturated carbocycles. The Kier molecular flexibility index (Phi) is 3.56. The van der Waals surface area contributed by atoms with Gasteiger partial charge in [0.2, 0.25) is 10.0 Å². The number of nitrogens with one attached hydrogen (secondary N) is 1. The normalized spacial score (nSPS) is 23.7. The molecule has 0 aliphatic heterocycles. The lowest BCUT2D eigenvalue weighted by molar-refractivity contribution is 0.0453. The van der Waals surface area contributed by atoms with Gasteiger partial charge in [0.1, 0.15) is 5.82 Å². The predicted molar refractivity (Wildman–Crippen MR) is 64.7 cm³/mol. The molecule has 0 radical (unpaired) electrons. The van der Waals surface area contributed by atoms with E-state index in [1.54, 1.807) is 0 Å². The molecule has 1 fully saturated rings. The molecule has 7 heteroatoms. The summed E-state index contributed by atoms with van der Waals surface area (Å²) < 4.78 is 39.2. The molecule has 5 nitrogen and oxygen atoms in total. The van der Waals surface area contributed by atoms with E-state index < -0.39 is 15.8 Å². The zero-order chi connectivity index (χ0) is 13.3. The van der Waals surface area contributed by atoms with Crippen molar-refractivity contribution in [1.82, 2.24) is 4.72 Å². The summed E-state index contributed by atoms with van der Waals surface area (Å²) in [4.78, 5) is -0.181. The van der Waals surface area contributed by atoms with Crippen LogP contribution in [0.25, 0.3) is 0 Å². The largest absolute Gasteiger partial charge is 0.399 e. The molecule has 2 rings (SSSR count). The zero-order valence-electron chi connectivity index (χ0n) is 9.64. The van der Waals surface area contributed by atoms with Crippen LogP contribution < -0.4 is 10.5 Å². The van der Waals surface area contributed by atoms with Crippen LogP contribution in [0, 0.1) is 11.7 Å². The Labute approximate surface area is 105 Å². The van der Waals surface area contributed by atoms with E-state index in [-0.39, 0.29) is 29.1 Å². The van der Waals surface area contributed by atoms with Crippen molar-refractivity contribution in [2.45, 2.75) is 23.8 Å². The molecule has 1 aromatic carbocycles. The van der Waals surface area contributed by atoms with Gasteiger partial charge in [-0.05, 0) is 37.0 Å².